The summed E-state index contributed by atoms with van der Waals surface area (Å²) in [5, 5.41) is 120. The van der Waals surface area contributed by atoms with E-state index in [0.717, 1.165) is 0 Å². The summed E-state index contributed by atoms with van der Waals surface area (Å²) in [5.74, 6) is -4.07. The normalized spacial score (nSPS) is 41.9. The quantitative estimate of drug-likeness (QED) is 0.0963. The molecule has 5 saturated heterocycles. The van der Waals surface area contributed by atoms with E-state index in [-0.39, 0.29) is 101 Å². The molecule has 2 aromatic rings. The summed E-state index contributed by atoms with van der Waals surface area (Å²) in [7, 11) is 1.18. The van der Waals surface area contributed by atoms with Gasteiger partial charge < -0.3 is 108 Å². The number of carbonyl (C=O) groups excluding carboxylic acids is 2. The number of phenolic OH excluding ortho intramolecular Hbond substituents is 2. The van der Waals surface area contributed by atoms with Gasteiger partial charge in [-0.25, -0.2) is 0 Å². The van der Waals surface area contributed by atoms with Gasteiger partial charge in [0, 0.05) is 50.7 Å². The maximum absolute atomic E-state index is 15.0. The number of aliphatic hydroxyl groups is 9. The molecule has 77 heavy (non-hydrogen) atoms. The SMILES string of the molecule is CO[C@H](C(=O)[C@@H](O)[C@@H](C)O)C1Cc2cc3cc(O[C@H]4C[C@@H](O[C@H]5C[C@@H](O)[C@H](O)[C@@H](C)O5)[C@@H](O)[C@@H](C)O4)c(C)c(O)c3c(O)c2C(=O)[C@H]1O[C@H]1C[C@@H](O[C@H]2C[C@@H](O[C@H]3C[C@](C)(O)[C@H](O)[C@@H](C)O3)[C@H](O)[C@@H](C)O2)[C@H](O)[C@@H](C)O1.[NaH]. The van der Waals surface area contributed by atoms with Gasteiger partial charge in [-0.15, -0.1) is 0 Å². The van der Waals surface area contributed by atoms with Crippen molar-refractivity contribution in [3.8, 4) is 17.2 Å². The molecule has 430 valence electrons. The van der Waals surface area contributed by atoms with E-state index in [9.17, 15) is 61.0 Å². The molecule has 1 unspecified atom stereocenters. The number of methoxy groups -OCH3 is 1. The van der Waals surface area contributed by atoms with E-state index in [1.54, 1.807) is 27.7 Å². The molecule has 0 saturated carbocycles. The Hall–Kier alpha value is -2.32. The van der Waals surface area contributed by atoms with Crippen LogP contribution in [-0.4, -0.2) is 251 Å². The van der Waals surface area contributed by atoms with Gasteiger partial charge in [0.1, 0.15) is 66.1 Å². The number of aliphatic hydroxyl groups excluding tert-OH is 8. The van der Waals surface area contributed by atoms with Gasteiger partial charge in [0.25, 0.3) is 0 Å². The number of rotatable bonds is 15. The first-order valence-corrected chi connectivity index (χ1v) is 26.0. The predicted octanol–water partition coefficient (Wildman–Crippen LogP) is -0.898. The second-order valence-corrected chi connectivity index (χ2v) is 21.7. The van der Waals surface area contributed by atoms with E-state index in [2.05, 4.69) is 0 Å². The van der Waals surface area contributed by atoms with Crippen LogP contribution >= 0.6 is 0 Å². The molecule has 24 nitrogen and oxygen atoms in total. The summed E-state index contributed by atoms with van der Waals surface area (Å²) in [6.45, 7) is 12.1. The average Bonchev–Trinajstić information content (AvgIpc) is 3.38. The number of ketones is 2. The Morgan fingerprint density at radius 3 is 1.69 bits per heavy atom. The van der Waals surface area contributed by atoms with Crippen molar-refractivity contribution >= 4 is 51.9 Å². The molecular weight excluding hydrogens is 1030 g/mol. The third-order valence-corrected chi connectivity index (χ3v) is 15.9. The van der Waals surface area contributed by atoms with Gasteiger partial charge in [0.15, 0.2) is 36.7 Å². The summed E-state index contributed by atoms with van der Waals surface area (Å²) in [6.07, 6.45) is -27.0. The van der Waals surface area contributed by atoms with Crippen LogP contribution in [0.3, 0.4) is 0 Å². The predicted molar refractivity (Wildman–Crippen MR) is 266 cm³/mol. The zero-order valence-corrected chi connectivity index (χ0v) is 44.0. The van der Waals surface area contributed by atoms with Gasteiger partial charge in [-0.3, -0.25) is 9.59 Å². The average molecular weight is 1110 g/mol. The molecule has 5 fully saturated rings. The van der Waals surface area contributed by atoms with Crippen molar-refractivity contribution in [1.82, 2.24) is 0 Å². The topological polar surface area (TPSA) is 358 Å². The summed E-state index contributed by atoms with van der Waals surface area (Å²) in [4.78, 5) is 28.9. The Kier molecular flexibility index (Phi) is 20.3. The van der Waals surface area contributed by atoms with E-state index < -0.39 is 176 Å². The van der Waals surface area contributed by atoms with Crippen molar-refractivity contribution in [2.45, 2.75) is 241 Å². The van der Waals surface area contributed by atoms with Crippen LogP contribution in [0, 0.1) is 12.8 Å². The summed E-state index contributed by atoms with van der Waals surface area (Å²) in [6, 6.07) is 3.03. The Labute approximate surface area is 467 Å². The number of carbonyl (C=O) groups is 2. The molecule has 6 aliphatic rings. The molecule has 2 aromatic carbocycles. The maximum atomic E-state index is 15.0. The van der Waals surface area contributed by atoms with Crippen LogP contribution in [0.5, 0.6) is 17.2 Å². The number of aromatic hydroxyl groups is 2. The summed E-state index contributed by atoms with van der Waals surface area (Å²) < 4.78 is 66.5. The number of hydrogen-bond acceptors (Lipinski definition) is 24. The fourth-order valence-electron chi connectivity index (χ4n) is 11.3. The van der Waals surface area contributed by atoms with E-state index in [1.807, 2.05) is 0 Å². The van der Waals surface area contributed by atoms with Crippen LogP contribution in [0.2, 0.25) is 0 Å². The third kappa shape index (κ3) is 13.0. The number of ether oxygens (including phenoxy) is 11. The van der Waals surface area contributed by atoms with Crippen LogP contribution in [0.15, 0.2) is 12.1 Å². The van der Waals surface area contributed by atoms with Crippen molar-refractivity contribution in [3.63, 3.8) is 0 Å². The third-order valence-electron chi connectivity index (χ3n) is 15.9. The first-order chi connectivity index (χ1) is 35.7. The molecule has 11 N–H and O–H groups in total. The van der Waals surface area contributed by atoms with Gasteiger partial charge in [-0.2, -0.15) is 0 Å². The van der Waals surface area contributed by atoms with E-state index in [4.69, 9.17) is 52.1 Å². The number of benzene rings is 2. The van der Waals surface area contributed by atoms with Crippen molar-refractivity contribution in [1.29, 1.82) is 0 Å². The van der Waals surface area contributed by atoms with E-state index in [0.29, 0.717) is 0 Å². The first-order valence-electron chi connectivity index (χ1n) is 26.0. The van der Waals surface area contributed by atoms with Crippen LogP contribution in [-0.2, 0) is 58.6 Å². The second kappa shape index (κ2) is 25.0. The fourth-order valence-corrected chi connectivity index (χ4v) is 11.3. The van der Waals surface area contributed by atoms with Crippen molar-refractivity contribution in [2.24, 2.45) is 5.92 Å². The fraction of sp³-hybridized carbons (Fsp3) is 0.769. The number of hydrogen-bond donors (Lipinski definition) is 11. The van der Waals surface area contributed by atoms with Gasteiger partial charge in [0.2, 0.25) is 6.29 Å². The van der Waals surface area contributed by atoms with Gasteiger partial charge in [-0.1, -0.05) is 0 Å². The standard InChI is InChI=1S/C52H76O24.Na.H/c1-18-29(72-34-14-30(43(58)21(4)68-34)73-33-13-28(54)42(57)20(3)67-33)12-26-10-25-11-27(49(66-9)48(63)41(56)19(2)53)50(47(62)39(25)46(61)38(26)40(18)55)76-36-16-31(44(59)23(6)70-36)74-35-15-32(45(60)22(5)69-35)75-37-17-52(8,65)51(64)24(7)71-37;;/h10,12,19-24,27-28,30-37,41-45,49-51,53-61,64-65H,11,13-17H2,1-9H3;;/t19-,20-,21-,22-,23-,24-,27?,28-,30-,31-,32-,33+,34+,35+,36+,37+,41+,42-,43+,44-,45-,49+,50+,51-,52+;;/m1../s1. The van der Waals surface area contributed by atoms with Crippen LogP contribution in [0.25, 0.3) is 10.8 Å². The molecule has 5 aliphatic heterocycles. The van der Waals surface area contributed by atoms with Crippen molar-refractivity contribution in [3.05, 3.63) is 28.8 Å². The van der Waals surface area contributed by atoms with Gasteiger partial charge in [0.05, 0.1) is 77.6 Å². The Bertz CT molecular complexity index is 2360. The Balaban J connectivity index is 0.00000861. The number of fused-ring (bicyclic) bond motifs is 2. The molecule has 0 aromatic heterocycles. The molecular formula is C52H77NaO24. The van der Waals surface area contributed by atoms with Crippen molar-refractivity contribution < 1.29 is 118 Å². The monoisotopic (exact) mass is 1110 g/mol. The minimum atomic E-state index is -1.95. The zero-order valence-electron chi connectivity index (χ0n) is 44.0. The molecule has 5 heterocycles. The summed E-state index contributed by atoms with van der Waals surface area (Å²) >= 11 is 0. The molecule has 1 aliphatic carbocycles. The van der Waals surface area contributed by atoms with Gasteiger partial charge in [-0.05, 0) is 84.9 Å². The molecule has 0 bridgehead atoms. The zero-order chi connectivity index (χ0) is 55.6. The molecule has 0 spiro atoms. The molecule has 25 heteroatoms. The minimum absolute atomic E-state index is 0. The van der Waals surface area contributed by atoms with Gasteiger partial charge >= 0.3 is 29.6 Å². The molecule has 0 radical (unpaired) electrons. The van der Waals surface area contributed by atoms with Crippen LogP contribution < -0.4 is 4.74 Å². The molecule has 8 rings (SSSR count). The Morgan fingerprint density at radius 1 is 0.688 bits per heavy atom. The number of phenols is 2. The molecule has 0 amide bonds. The number of Topliss-reactive ketones (excluding diaryl/α,β-unsaturated/α-hetero) is 2. The summed E-state index contributed by atoms with van der Waals surface area (Å²) in [5.41, 5.74) is -1.47. The van der Waals surface area contributed by atoms with Crippen LogP contribution in [0.4, 0.5) is 0 Å². The Morgan fingerprint density at radius 2 is 1.17 bits per heavy atom. The van der Waals surface area contributed by atoms with E-state index in [1.165, 1.54) is 46.9 Å². The van der Waals surface area contributed by atoms with E-state index >= 15 is 4.79 Å². The second-order valence-electron chi connectivity index (χ2n) is 21.7. The first kappa shape index (κ1) is 62.3. The van der Waals surface area contributed by atoms with Crippen LogP contribution in [0.1, 0.15) is 102 Å². The van der Waals surface area contributed by atoms with Crippen molar-refractivity contribution in [2.75, 3.05) is 7.11 Å². The molecule has 25 atom stereocenters.